The van der Waals surface area contributed by atoms with Crippen molar-refractivity contribution >= 4 is 12.0 Å². The number of nitrogens with zero attached hydrogens (tertiary/aromatic N) is 1. The summed E-state index contributed by atoms with van der Waals surface area (Å²) in [5, 5.41) is 14.0. The van der Waals surface area contributed by atoms with Crippen LogP contribution in [-0.2, 0) is 11.2 Å². The molecule has 0 bridgehead atoms. The summed E-state index contributed by atoms with van der Waals surface area (Å²) in [6.45, 7) is 2.30. The average Bonchev–Trinajstić information content (AvgIpc) is 2.38. The quantitative estimate of drug-likeness (QED) is 0.690. The first-order valence-electron chi connectivity index (χ1n) is 6.28. The van der Waals surface area contributed by atoms with Crippen molar-refractivity contribution in [2.75, 3.05) is 6.54 Å². The lowest BCUT2D eigenvalue weighted by atomic mass is 10.1. The minimum atomic E-state index is -0.916. The highest BCUT2D eigenvalue weighted by Crippen LogP contribution is 1.97. The van der Waals surface area contributed by atoms with E-state index in [0.29, 0.717) is 19.4 Å². The average molecular weight is 265 g/mol. The molecule has 0 saturated carbocycles. The monoisotopic (exact) mass is 265 g/mol. The molecule has 1 rings (SSSR count). The molecule has 0 fully saturated rings. The zero-order valence-electron chi connectivity index (χ0n) is 10.9. The van der Waals surface area contributed by atoms with E-state index in [9.17, 15) is 9.59 Å². The molecule has 6 nitrogen and oxygen atoms in total. The lowest BCUT2D eigenvalue weighted by molar-refractivity contribution is -0.137. The first kappa shape index (κ1) is 14.9. The maximum atomic E-state index is 11.5. The largest absolute Gasteiger partial charge is 0.481 e. The highest BCUT2D eigenvalue weighted by molar-refractivity contribution is 5.75. The van der Waals surface area contributed by atoms with Gasteiger partial charge in [0.15, 0.2) is 0 Å². The third-order valence-electron chi connectivity index (χ3n) is 2.64. The fraction of sp³-hybridized carbons (Fsp3) is 0.462. The Balaban J connectivity index is 2.25. The summed E-state index contributed by atoms with van der Waals surface area (Å²) in [6, 6.07) is 4.93. The Morgan fingerprint density at radius 2 is 2.21 bits per heavy atom. The van der Waals surface area contributed by atoms with Gasteiger partial charge in [-0.3, -0.25) is 9.78 Å². The zero-order valence-corrected chi connectivity index (χ0v) is 10.9. The maximum Gasteiger partial charge on any atom is 0.315 e. The summed E-state index contributed by atoms with van der Waals surface area (Å²) in [6.07, 6.45) is 2.86. The molecule has 1 aromatic heterocycles. The first-order chi connectivity index (χ1) is 9.11. The van der Waals surface area contributed by atoms with Crippen LogP contribution in [0, 0.1) is 0 Å². The summed E-state index contributed by atoms with van der Waals surface area (Å²) >= 11 is 0. The van der Waals surface area contributed by atoms with Gasteiger partial charge in [-0.2, -0.15) is 0 Å². The smallest absolute Gasteiger partial charge is 0.315 e. The molecule has 0 aliphatic heterocycles. The maximum absolute atomic E-state index is 11.5. The van der Waals surface area contributed by atoms with Crippen molar-refractivity contribution in [1.29, 1.82) is 0 Å². The fourth-order valence-electron chi connectivity index (χ4n) is 1.59. The van der Waals surface area contributed by atoms with Gasteiger partial charge in [0.25, 0.3) is 0 Å². The van der Waals surface area contributed by atoms with Crippen LogP contribution >= 0.6 is 0 Å². The van der Waals surface area contributed by atoms with Gasteiger partial charge in [-0.15, -0.1) is 0 Å². The molecular formula is C13H19N3O3. The number of carbonyl (C=O) groups is 2. The van der Waals surface area contributed by atoms with Crippen LogP contribution in [0.4, 0.5) is 4.79 Å². The Hall–Kier alpha value is -2.11. The van der Waals surface area contributed by atoms with Gasteiger partial charge in [-0.05, 0) is 18.6 Å². The normalized spacial score (nSPS) is 11.6. The lowest BCUT2D eigenvalue weighted by Crippen LogP contribution is -2.43. The van der Waals surface area contributed by atoms with E-state index in [2.05, 4.69) is 15.6 Å². The summed E-state index contributed by atoms with van der Waals surface area (Å²) in [5.74, 6) is -0.916. The van der Waals surface area contributed by atoms with Gasteiger partial charge < -0.3 is 15.7 Å². The highest BCUT2D eigenvalue weighted by Gasteiger charge is 2.13. The van der Waals surface area contributed by atoms with Crippen molar-refractivity contribution in [3.63, 3.8) is 0 Å². The summed E-state index contributed by atoms with van der Waals surface area (Å²) in [4.78, 5) is 26.3. The molecular weight excluding hydrogens is 246 g/mol. The van der Waals surface area contributed by atoms with E-state index in [-0.39, 0.29) is 18.5 Å². The summed E-state index contributed by atoms with van der Waals surface area (Å²) in [5.41, 5.74) is 0.903. The topological polar surface area (TPSA) is 91.3 Å². The van der Waals surface area contributed by atoms with Crippen LogP contribution in [0.1, 0.15) is 25.5 Å². The minimum absolute atomic E-state index is 0.0653. The molecule has 2 amide bonds. The molecule has 0 saturated heterocycles. The van der Waals surface area contributed by atoms with Gasteiger partial charge in [-0.25, -0.2) is 4.79 Å². The molecule has 1 aromatic rings. The van der Waals surface area contributed by atoms with Crippen LogP contribution in [0.2, 0.25) is 0 Å². The number of hydrogen-bond donors (Lipinski definition) is 3. The number of amides is 2. The van der Waals surface area contributed by atoms with E-state index in [1.165, 1.54) is 0 Å². The van der Waals surface area contributed by atoms with Crippen molar-refractivity contribution in [2.45, 2.75) is 32.2 Å². The molecule has 1 atom stereocenters. The molecule has 19 heavy (non-hydrogen) atoms. The van der Waals surface area contributed by atoms with Gasteiger partial charge >= 0.3 is 12.0 Å². The number of carboxylic acids is 1. The van der Waals surface area contributed by atoms with Crippen LogP contribution in [0.3, 0.4) is 0 Å². The van der Waals surface area contributed by atoms with Crippen LogP contribution < -0.4 is 10.6 Å². The van der Waals surface area contributed by atoms with E-state index in [4.69, 9.17) is 5.11 Å². The first-order valence-corrected chi connectivity index (χ1v) is 6.28. The van der Waals surface area contributed by atoms with Crippen molar-refractivity contribution in [3.8, 4) is 0 Å². The van der Waals surface area contributed by atoms with Gasteiger partial charge in [0.1, 0.15) is 0 Å². The molecule has 1 heterocycles. The number of carbonyl (C=O) groups excluding carboxylic acids is 1. The van der Waals surface area contributed by atoms with E-state index >= 15 is 0 Å². The fourth-order valence-corrected chi connectivity index (χ4v) is 1.59. The Morgan fingerprint density at radius 3 is 2.79 bits per heavy atom. The van der Waals surface area contributed by atoms with Crippen molar-refractivity contribution in [1.82, 2.24) is 15.6 Å². The molecule has 0 radical (unpaired) electrons. The van der Waals surface area contributed by atoms with Gasteiger partial charge in [0.05, 0.1) is 6.42 Å². The second kappa shape index (κ2) is 8.07. The molecule has 0 spiro atoms. The summed E-state index contributed by atoms with van der Waals surface area (Å²) in [7, 11) is 0. The number of carboxylic acid groups (broad SMARTS) is 1. The number of aromatic nitrogens is 1. The predicted molar refractivity (Wildman–Crippen MR) is 70.8 cm³/mol. The van der Waals surface area contributed by atoms with Gasteiger partial charge in [0.2, 0.25) is 0 Å². The van der Waals surface area contributed by atoms with E-state index in [0.717, 1.165) is 5.69 Å². The number of hydrogen-bond acceptors (Lipinski definition) is 3. The standard InChI is InChI=1S/C13H19N3O3/c1-2-10(9-12(17)18)16-13(19)15-8-6-11-5-3-4-7-14-11/h3-5,7,10H,2,6,8-9H2,1H3,(H,17,18)(H2,15,16,19). The molecule has 6 heteroatoms. The van der Waals surface area contributed by atoms with Crippen LogP contribution in [-0.4, -0.2) is 34.7 Å². The molecule has 3 N–H and O–H groups in total. The number of rotatable bonds is 7. The third kappa shape index (κ3) is 6.40. The number of nitrogens with one attached hydrogen (secondary N) is 2. The summed E-state index contributed by atoms with van der Waals surface area (Å²) < 4.78 is 0. The molecule has 0 aliphatic carbocycles. The molecule has 0 aliphatic rings. The van der Waals surface area contributed by atoms with E-state index in [1.807, 2.05) is 25.1 Å². The number of pyridine rings is 1. The molecule has 1 unspecified atom stereocenters. The predicted octanol–water partition coefficient (Wildman–Crippen LogP) is 1.18. The Labute approximate surface area is 112 Å². The van der Waals surface area contributed by atoms with Crippen LogP contribution in [0.25, 0.3) is 0 Å². The van der Waals surface area contributed by atoms with Crippen LogP contribution in [0.15, 0.2) is 24.4 Å². The van der Waals surface area contributed by atoms with Crippen molar-refractivity contribution in [2.24, 2.45) is 0 Å². The Bertz CT molecular complexity index is 409. The van der Waals surface area contributed by atoms with Crippen molar-refractivity contribution < 1.29 is 14.7 Å². The molecule has 0 aromatic carbocycles. The van der Waals surface area contributed by atoms with Crippen molar-refractivity contribution in [3.05, 3.63) is 30.1 Å². The SMILES string of the molecule is CCC(CC(=O)O)NC(=O)NCCc1ccccn1. The highest BCUT2D eigenvalue weighted by atomic mass is 16.4. The zero-order chi connectivity index (χ0) is 14.1. The van der Waals surface area contributed by atoms with E-state index in [1.54, 1.807) is 6.20 Å². The second-order valence-corrected chi connectivity index (χ2v) is 4.17. The van der Waals surface area contributed by atoms with E-state index < -0.39 is 5.97 Å². The Kier molecular flexibility index (Phi) is 6.35. The number of urea groups is 1. The third-order valence-corrected chi connectivity index (χ3v) is 2.64. The number of aliphatic carboxylic acids is 1. The minimum Gasteiger partial charge on any atom is -0.481 e. The van der Waals surface area contributed by atoms with Gasteiger partial charge in [0, 0.05) is 30.9 Å². The second-order valence-electron chi connectivity index (χ2n) is 4.17. The lowest BCUT2D eigenvalue weighted by Gasteiger charge is -2.15. The molecule has 104 valence electrons. The van der Waals surface area contributed by atoms with Gasteiger partial charge in [-0.1, -0.05) is 13.0 Å². The van der Waals surface area contributed by atoms with Crippen LogP contribution in [0.5, 0.6) is 0 Å². The Morgan fingerprint density at radius 1 is 1.42 bits per heavy atom.